The number of nitrogens with one attached hydrogen (secondary N) is 2. The molecule has 9 nitrogen and oxygen atoms in total. The van der Waals surface area contributed by atoms with Gasteiger partial charge in [0.05, 0.1) is 13.2 Å². The van der Waals surface area contributed by atoms with Crippen molar-refractivity contribution in [3.05, 3.63) is 10.6 Å². The molecular weight excluding hydrogens is 571 g/mol. The molecule has 11 heteroatoms. The maximum Gasteiger partial charge on any atom is 0.233 e. The second-order valence-electron chi connectivity index (χ2n) is 15.9. The molecule has 4 fully saturated rings. The smallest absolute Gasteiger partial charge is 0.233 e. The molecule has 238 valence electrons. The third kappa shape index (κ3) is 7.03. The number of rotatable bonds is 3. The first-order valence-electron chi connectivity index (χ1n) is 16.1. The molecule has 1 aromatic rings. The maximum atomic E-state index is 6.57. The van der Waals surface area contributed by atoms with E-state index in [0.29, 0.717) is 37.8 Å². The van der Waals surface area contributed by atoms with E-state index in [1.165, 1.54) is 12.8 Å². The number of morpholine rings is 1. The fourth-order valence-corrected chi connectivity index (χ4v) is 9.52. The lowest BCUT2D eigenvalue weighted by molar-refractivity contribution is -0.177. The fourth-order valence-electron chi connectivity index (χ4n) is 9.16. The van der Waals surface area contributed by atoms with E-state index in [4.69, 9.17) is 37.9 Å². The van der Waals surface area contributed by atoms with Gasteiger partial charge >= 0.3 is 0 Å². The summed E-state index contributed by atoms with van der Waals surface area (Å²) in [5.41, 5.74) is -0.0169. The Morgan fingerprint density at radius 1 is 0.643 bits per heavy atom. The number of aromatic nitrogens is 3. The molecule has 5 heterocycles. The highest BCUT2D eigenvalue weighted by Crippen LogP contribution is 2.44. The zero-order valence-corrected chi connectivity index (χ0v) is 28.7. The second-order valence-corrected chi connectivity index (χ2v) is 16.5. The summed E-state index contributed by atoms with van der Waals surface area (Å²) in [6, 6.07) is 0.660. The molecule has 0 aromatic carbocycles. The molecule has 0 saturated carbocycles. The maximum absolute atomic E-state index is 6.57. The topological polar surface area (TPSA) is 81.7 Å². The van der Waals surface area contributed by atoms with Crippen LogP contribution in [0, 0.1) is 0 Å². The quantitative estimate of drug-likeness (QED) is 0.455. The third-order valence-corrected chi connectivity index (χ3v) is 10.0. The van der Waals surface area contributed by atoms with Crippen LogP contribution in [0.1, 0.15) is 107 Å². The molecule has 2 N–H and O–H groups in total. The van der Waals surface area contributed by atoms with Gasteiger partial charge in [-0.1, -0.05) is 12.8 Å². The van der Waals surface area contributed by atoms with Crippen LogP contribution in [0.4, 0.5) is 5.95 Å². The summed E-state index contributed by atoms with van der Waals surface area (Å²) in [6.07, 6.45) is 8.93. The Balaban J connectivity index is 1.72. The lowest BCUT2D eigenvalue weighted by Crippen LogP contribution is -2.80. The van der Waals surface area contributed by atoms with E-state index in [9.17, 15) is 0 Å². The molecule has 0 atom stereocenters. The van der Waals surface area contributed by atoms with Gasteiger partial charge in [0.25, 0.3) is 0 Å². The van der Waals surface area contributed by atoms with Crippen LogP contribution in [0.25, 0.3) is 0 Å². The Morgan fingerprint density at radius 2 is 1.07 bits per heavy atom. The van der Waals surface area contributed by atoms with Crippen molar-refractivity contribution in [1.29, 1.82) is 0 Å². The summed E-state index contributed by atoms with van der Waals surface area (Å²) in [5, 5.41) is 8.10. The predicted octanol–water partition coefficient (Wildman–Crippen LogP) is 5.47. The molecule has 42 heavy (non-hydrogen) atoms. The van der Waals surface area contributed by atoms with Crippen molar-refractivity contribution in [2.75, 3.05) is 37.7 Å². The van der Waals surface area contributed by atoms with Crippen LogP contribution in [-0.4, -0.2) is 97.6 Å². The van der Waals surface area contributed by atoms with Gasteiger partial charge in [0, 0.05) is 53.9 Å². The largest absolute Gasteiger partial charge is 0.374 e. The first kappa shape index (κ1) is 32.6. The van der Waals surface area contributed by atoms with Gasteiger partial charge in [0.2, 0.25) is 16.5 Å². The molecule has 4 saturated heterocycles. The summed E-state index contributed by atoms with van der Waals surface area (Å²) in [5.74, 6) is -0.0590. The van der Waals surface area contributed by atoms with Crippen molar-refractivity contribution in [3.8, 4) is 0 Å². The van der Waals surface area contributed by atoms with Crippen molar-refractivity contribution < 1.29 is 4.74 Å². The van der Waals surface area contributed by atoms with Crippen LogP contribution in [0.15, 0.2) is 0 Å². The lowest BCUT2D eigenvalue weighted by Gasteiger charge is -2.64. The molecule has 1 aromatic heterocycles. The van der Waals surface area contributed by atoms with E-state index in [1.807, 2.05) is 0 Å². The Bertz CT molecular complexity index is 1010. The predicted molar refractivity (Wildman–Crippen MR) is 171 cm³/mol. The number of nitrogens with zero attached hydrogens (tertiary/aromatic N) is 6. The van der Waals surface area contributed by atoms with Crippen molar-refractivity contribution >= 4 is 29.2 Å². The van der Waals surface area contributed by atoms with Crippen molar-refractivity contribution in [1.82, 2.24) is 35.4 Å². The first-order valence-corrected chi connectivity index (χ1v) is 16.8. The normalized spacial score (nSPS) is 29.1. The highest BCUT2D eigenvalue weighted by molar-refractivity contribution is 6.31. The second kappa shape index (κ2) is 11.8. The molecule has 0 radical (unpaired) electrons. The zero-order chi connectivity index (χ0) is 30.6. The molecule has 4 aliphatic rings. The average Bonchev–Trinajstić information content (AvgIpc) is 2.89. The van der Waals surface area contributed by atoms with Gasteiger partial charge in [-0.25, -0.2) is 0 Å². The van der Waals surface area contributed by atoms with Gasteiger partial charge in [0.1, 0.15) is 0 Å². The highest BCUT2D eigenvalue weighted by atomic mass is 35.5. The van der Waals surface area contributed by atoms with E-state index in [1.54, 1.807) is 0 Å². The Hall–Kier alpha value is -0.810. The van der Waals surface area contributed by atoms with Gasteiger partial charge in [-0.15, -0.1) is 0 Å². The molecule has 1 spiro atoms. The number of ether oxygens (including phenoxy) is 1. The van der Waals surface area contributed by atoms with E-state index >= 15 is 0 Å². The number of hydrogen-bond acceptors (Lipinski definition) is 9. The highest BCUT2D eigenvalue weighted by Gasteiger charge is 2.57. The number of halogens is 2. The summed E-state index contributed by atoms with van der Waals surface area (Å²) in [6.45, 7) is 22.5. The zero-order valence-electron chi connectivity index (χ0n) is 27.2. The molecule has 4 aliphatic heterocycles. The van der Waals surface area contributed by atoms with Crippen LogP contribution < -0.4 is 15.5 Å². The Kier molecular flexibility index (Phi) is 9.19. The minimum Gasteiger partial charge on any atom is -0.374 e. The Labute approximate surface area is 263 Å². The van der Waals surface area contributed by atoms with E-state index in [2.05, 4.69) is 85.7 Å². The van der Waals surface area contributed by atoms with Gasteiger partial charge in [-0.2, -0.15) is 15.0 Å². The molecule has 0 bridgehead atoms. The summed E-state index contributed by atoms with van der Waals surface area (Å²) in [4.78, 5) is 21.5. The lowest BCUT2D eigenvalue weighted by atomic mass is 9.77. The SMILES string of the molecule is CC1(C)CC(N2CCCCCCN(C3CC(C)(C)NC(C)(C)C3)C23COCCN3c2nc(Cl)nc(Cl)n2)CC(C)(C)N1. The van der Waals surface area contributed by atoms with Crippen LogP contribution >= 0.6 is 23.2 Å². The fraction of sp³-hybridized carbons (Fsp3) is 0.903. The summed E-state index contributed by atoms with van der Waals surface area (Å²) < 4.78 is 6.57. The van der Waals surface area contributed by atoms with Crippen LogP contribution in [0.2, 0.25) is 10.6 Å². The summed E-state index contributed by atoms with van der Waals surface area (Å²) >= 11 is 12.9. The number of piperidine rings is 2. The van der Waals surface area contributed by atoms with Crippen LogP contribution in [-0.2, 0) is 4.74 Å². The number of anilines is 1. The van der Waals surface area contributed by atoms with E-state index in [-0.39, 0.29) is 32.7 Å². The van der Waals surface area contributed by atoms with Gasteiger partial charge < -0.3 is 20.3 Å². The minimum absolute atomic E-state index is 0.00422. The molecular formula is C31H54Cl2N8O. The monoisotopic (exact) mass is 624 g/mol. The Morgan fingerprint density at radius 3 is 1.50 bits per heavy atom. The standard InChI is InChI=1S/C31H54Cl2N8O/c1-27(2)17-22(18-28(3,4)37-27)39-13-11-9-10-12-14-40(23-19-29(5,6)38-30(7,8)20-23)31(39)21-42-16-15-41(31)26-35-24(32)34-25(33)36-26/h22-23,37-38H,9-21H2,1-8H3. The molecule has 5 rings (SSSR count). The first-order chi connectivity index (χ1) is 19.5. The van der Waals surface area contributed by atoms with Crippen LogP contribution in [0.5, 0.6) is 0 Å². The van der Waals surface area contributed by atoms with Gasteiger partial charge in [-0.05, 0) is 117 Å². The van der Waals surface area contributed by atoms with Gasteiger partial charge in [-0.3, -0.25) is 9.80 Å². The summed E-state index contributed by atoms with van der Waals surface area (Å²) in [7, 11) is 0. The minimum atomic E-state index is -0.598. The molecule has 0 unspecified atom stereocenters. The average molecular weight is 626 g/mol. The molecule has 0 aliphatic carbocycles. The van der Waals surface area contributed by atoms with Crippen LogP contribution in [0.3, 0.4) is 0 Å². The van der Waals surface area contributed by atoms with Crippen molar-refractivity contribution in [3.63, 3.8) is 0 Å². The van der Waals surface area contributed by atoms with Crippen molar-refractivity contribution in [2.45, 2.75) is 147 Å². The third-order valence-electron chi connectivity index (χ3n) is 9.68. The van der Waals surface area contributed by atoms with E-state index < -0.39 is 5.79 Å². The van der Waals surface area contributed by atoms with E-state index in [0.717, 1.165) is 51.6 Å². The number of hydrogen-bond donors (Lipinski definition) is 2. The van der Waals surface area contributed by atoms with Gasteiger partial charge in [0.15, 0.2) is 5.79 Å². The molecule has 0 amide bonds. The van der Waals surface area contributed by atoms with Crippen molar-refractivity contribution in [2.24, 2.45) is 0 Å².